The fourth-order valence-corrected chi connectivity index (χ4v) is 0.921. The third-order valence-electron chi connectivity index (χ3n) is 1.61. The third-order valence-corrected chi connectivity index (χ3v) is 1.61. The Balaban J connectivity index is 2.83. The summed E-state index contributed by atoms with van der Waals surface area (Å²) in [6.45, 7) is 1.45. The van der Waals surface area contributed by atoms with Crippen LogP contribution in [0.3, 0.4) is 0 Å². The van der Waals surface area contributed by atoms with Gasteiger partial charge in [-0.2, -0.15) is 0 Å². The monoisotopic (exact) mass is 191 g/mol. The molecule has 0 N–H and O–H groups in total. The van der Waals surface area contributed by atoms with Gasteiger partial charge in [0.1, 0.15) is 0 Å². The van der Waals surface area contributed by atoms with Crippen LogP contribution in [0.1, 0.15) is 12.5 Å². The Bertz CT molecular complexity index is 379. The van der Waals surface area contributed by atoms with Crippen molar-refractivity contribution in [3.8, 4) is 0 Å². The van der Waals surface area contributed by atoms with Gasteiger partial charge in [-0.1, -0.05) is 6.08 Å². The summed E-state index contributed by atoms with van der Waals surface area (Å²) in [6, 6.07) is 5.99. The maximum Gasteiger partial charge on any atom is 0.269 e. The van der Waals surface area contributed by atoms with Crippen molar-refractivity contribution in [3.63, 3.8) is 0 Å². The van der Waals surface area contributed by atoms with E-state index < -0.39 is 4.92 Å². The second-order valence-corrected chi connectivity index (χ2v) is 2.79. The number of ketones is 1. The molecule has 0 aliphatic rings. The lowest BCUT2D eigenvalue weighted by molar-refractivity contribution is -0.384. The van der Waals surface area contributed by atoms with Crippen LogP contribution in [0, 0.1) is 10.1 Å². The molecule has 1 aromatic rings. The maximum atomic E-state index is 10.6. The van der Waals surface area contributed by atoms with Crippen molar-refractivity contribution in [2.75, 3.05) is 0 Å². The van der Waals surface area contributed by atoms with E-state index in [1.54, 1.807) is 18.2 Å². The second kappa shape index (κ2) is 4.32. The standard InChI is InChI=1S/C10H9NO3/c1-8(12)2-3-9-4-6-10(7-5-9)11(13)14/h2-7H,1H3/b3-2+. The number of benzene rings is 1. The van der Waals surface area contributed by atoms with E-state index in [1.807, 2.05) is 0 Å². The maximum absolute atomic E-state index is 10.6. The minimum Gasteiger partial charge on any atom is -0.295 e. The van der Waals surface area contributed by atoms with Crippen LogP contribution in [-0.4, -0.2) is 10.7 Å². The number of nitro benzene ring substituents is 1. The Hall–Kier alpha value is -1.97. The predicted octanol–water partition coefficient (Wildman–Crippen LogP) is 2.20. The molecular weight excluding hydrogens is 182 g/mol. The molecule has 0 spiro atoms. The average molecular weight is 191 g/mol. The van der Waals surface area contributed by atoms with E-state index >= 15 is 0 Å². The van der Waals surface area contributed by atoms with Gasteiger partial charge in [-0.3, -0.25) is 14.9 Å². The Kier molecular flexibility index (Phi) is 3.12. The number of nitro groups is 1. The summed E-state index contributed by atoms with van der Waals surface area (Å²) in [5.41, 5.74) is 0.816. The molecule has 0 bridgehead atoms. The molecule has 14 heavy (non-hydrogen) atoms. The summed E-state index contributed by atoms with van der Waals surface area (Å²) in [5, 5.41) is 10.3. The van der Waals surface area contributed by atoms with Crippen molar-refractivity contribution in [1.82, 2.24) is 0 Å². The van der Waals surface area contributed by atoms with Crippen LogP contribution < -0.4 is 0 Å². The molecule has 4 heteroatoms. The van der Waals surface area contributed by atoms with Crippen LogP contribution in [0.15, 0.2) is 30.3 Å². The van der Waals surface area contributed by atoms with Crippen LogP contribution in [0.2, 0.25) is 0 Å². The number of hydrogen-bond acceptors (Lipinski definition) is 3. The van der Waals surface area contributed by atoms with Crippen molar-refractivity contribution in [3.05, 3.63) is 46.0 Å². The largest absolute Gasteiger partial charge is 0.295 e. The highest BCUT2D eigenvalue weighted by atomic mass is 16.6. The molecule has 0 unspecified atom stereocenters. The molecule has 0 aromatic heterocycles. The summed E-state index contributed by atoms with van der Waals surface area (Å²) in [7, 11) is 0. The molecule has 0 amide bonds. The van der Waals surface area contributed by atoms with Gasteiger partial charge in [-0.15, -0.1) is 0 Å². The fourth-order valence-electron chi connectivity index (χ4n) is 0.921. The van der Waals surface area contributed by atoms with Gasteiger partial charge in [0.2, 0.25) is 0 Å². The minimum absolute atomic E-state index is 0.0463. The number of hydrogen-bond donors (Lipinski definition) is 0. The number of carbonyl (C=O) groups excluding carboxylic acids is 1. The Morgan fingerprint density at radius 2 is 1.93 bits per heavy atom. The zero-order chi connectivity index (χ0) is 10.6. The summed E-state index contributed by atoms with van der Waals surface area (Å²) >= 11 is 0. The molecule has 1 aromatic carbocycles. The number of allylic oxidation sites excluding steroid dienone is 1. The van der Waals surface area contributed by atoms with Gasteiger partial charge >= 0.3 is 0 Å². The van der Waals surface area contributed by atoms with E-state index in [0.29, 0.717) is 0 Å². The number of rotatable bonds is 3. The molecule has 0 aliphatic heterocycles. The number of nitrogens with zero attached hydrogens (tertiary/aromatic N) is 1. The number of non-ortho nitro benzene ring substituents is 1. The van der Waals surface area contributed by atoms with Crippen molar-refractivity contribution >= 4 is 17.5 Å². The van der Waals surface area contributed by atoms with Gasteiger partial charge in [-0.25, -0.2) is 0 Å². The summed E-state index contributed by atoms with van der Waals surface area (Å²) in [4.78, 5) is 20.4. The first-order valence-corrected chi connectivity index (χ1v) is 4.02. The molecule has 0 atom stereocenters. The first kappa shape index (κ1) is 10.1. The van der Waals surface area contributed by atoms with Crippen LogP contribution in [-0.2, 0) is 4.79 Å². The first-order valence-electron chi connectivity index (χ1n) is 4.02. The lowest BCUT2D eigenvalue weighted by Gasteiger charge is -1.92. The van der Waals surface area contributed by atoms with Gasteiger partial charge in [0.15, 0.2) is 5.78 Å². The molecule has 0 saturated heterocycles. The molecule has 72 valence electrons. The highest BCUT2D eigenvalue weighted by Gasteiger charge is 2.01. The van der Waals surface area contributed by atoms with Crippen molar-refractivity contribution in [1.29, 1.82) is 0 Å². The lowest BCUT2D eigenvalue weighted by Crippen LogP contribution is -1.87. The van der Waals surface area contributed by atoms with E-state index in [-0.39, 0.29) is 11.5 Å². The smallest absolute Gasteiger partial charge is 0.269 e. The molecule has 0 heterocycles. The van der Waals surface area contributed by atoms with E-state index in [0.717, 1.165) is 5.56 Å². The zero-order valence-electron chi connectivity index (χ0n) is 7.64. The van der Waals surface area contributed by atoms with Crippen molar-refractivity contribution in [2.45, 2.75) is 6.92 Å². The van der Waals surface area contributed by atoms with Gasteiger partial charge in [0, 0.05) is 12.1 Å². The van der Waals surface area contributed by atoms with E-state index in [1.165, 1.54) is 25.1 Å². The third kappa shape index (κ3) is 2.82. The molecule has 4 nitrogen and oxygen atoms in total. The molecule has 0 radical (unpaired) electrons. The topological polar surface area (TPSA) is 60.2 Å². The highest BCUT2D eigenvalue weighted by molar-refractivity contribution is 5.91. The predicted molar refractivity (Wildman–Crippen MR) is 52.8 cm³/mol. The SMILES string of the molecule is CC(=O)/C=C/c1ccc([N+](=O)[O-])cc1. The second-order valence-electron chi connectivity index (χ2n) is 2.79. The highest BCUT2D eigenvalue weighted by Crippen LogP contribution is 2.12. The Morgan fingerprint density at radius 3 is 2.36 bits per heavy atom. The molecule has 0 aliphatic carbocycles. The first-order chi connectivity index (χ1) is 6.59. The van der Waals surface area contributed by atoms with Gasteiger partial charge in [-0.05, 0) is 30.7 Å². The van der Waals surface area contributed by atoms with E-state index in [9.17, 15) is 14.9 Å². The molecular formula is C10H9NO3. The van der Waals surface area contributed by atoms with Gasteiger partial charge in [0.05, 0.1) is 4.92 Å². The van der Waals surface area contributed by atoms with Crippen molar-refractivity contribution in [2.24, 2.45) is 0 Å². The molecule has 0 saturated carbocycles. The lowest BCUT2D eigenvalue weighted by atomic mass is 10.2. The number of carbonyl (C=O) groups is 1. The molecule has 1 rings (SSSR count). The normalized spacial score (nSPS) is 10.4. The minimum atomic E-state index is -0.460. The van der Waals surface area contributed by atoms with E-state index in [4.69, 9.17) is 0 Å². The van der Waals surface area contributed by atoms with Gasteiger partial charge < -0.3 is 0 Å². The molecule has 0 fully saturated rings. The fraction of sp³-hybridized carbons (Fsp3) is 0.100. The quantitative estimate of drug-likeness (QED) is 0.418. The zero-order valence-corrected chi connectivity index (χ0v) is 7.64. The average Bonchev–Trinajstić information content (AvgIpc) is 2.15. The summed E-state index contributed by atoms with van der Waals surface area (Å²) in [5.74, 6) is -0.0525. The Morgan fingerprint density at radius 1 is 1.36 bits per heavy atom. The van der Waals surface area contributed by atoms with Crippen LogP contribution >= 0.6 is 0 Å². The van der Waals surface area contributed by atoms with E-state index in [2.05, 4.69) is 0 Å². The van der Waals surface area contributed by atoms with Gasteiger partial charge in [0.25, 0.3) is 5.69 Å². The summed E-state index contributed by atoms with van der Waals surface area (Å²) in [6.07, 6.45) is 3.03. The van der Waals surface area contributed by atoms with Crippen LogP contribution in [0.25, 0.3) is 6.08 Å². The van der Waals surface area contributed by atoms with Crippen LogP contribution in [0.4, 0.5) is 5.69 Å². The van der Waals surface area contributed by atoms with Crippen LogP contribution in [0.5, 0.6) is 0 Å². The summed E-state index contributed by atoms with van der Waals surface area (Å²) < 4.78 is 0. The Labute approximate surface area is 81.0 Å². The van der Waals surface area contributed by atoms with Crippen molar-refractivity contribution < 1.29 is 9.72 Å².